The van der Waals surface area contributed by atoms with Crippen LogP contribution in [0.3, 0.4) is 0 Å². The largest absolute Gasteiger partial charge is 0.673 e. The lowest BCUT2D eigenvalue weighted by Gasteiger charge is -1.96. The zero-order valence-corrected chi connectivity index (χ0v) is 26.4. The molecule has 202 valence electrons. The summed E-state index contributed by atoms with van der Waals surface area (Å²) in [7, 11) is -7.41. The molecule has 0 aliphatic heterocycles. The fourth-order valence-electron chi connectivity index (χ4n) is 2.18. The molecule has 0 amide bonds. The van der Waals surface area contributed by atoms with E-state index in [4.69, 9.17) is 56.5 Å². The zero-order valence-electron chi connectivity index (χ0n) is 19.1. The molecule has 4 aromatic carbocycles. The van der Waals surface area contributed by atoms with E-state index in [1.807, 2.05) is 48.5 Å². The molecular formula is C24H18B2Cl4F4I2O2. The Balaban J connectivity index is 0.000000274. The molecule has 0 unspecified atom stereocenters. The Morgan fingerprint density at radius 1 is 0.553 bits per heavy atom. The summed E-state index contributed by atoms with van der Waals surface area (Å²) in [4.78, 5) is 0. The second-order valence-corrected chi connectivity index (χ2v) is 12.8. The van der Waals surface area contributed by atoms with Gasteiger partial charge in [-0.3, -0.25) is 0 Å². The molecule has 2 N–H and O–H groups in total. The average Bonchev–Trinajstić information content (AvgIpc) is 2.84. The second-order valence-electron chi connectivity index (χ2n) is 6.82. The molecule has 0 radical (unpaired) electrons. The molecule has 0 saturated heterocycles. The maximum Gasteiger partial charge on any atom is 0.673 e. The Kier molecular flexibility index (Phi) is 17.3. The Bertz CT molecular complexity index is 1130. The molecular weight excluding hydrogens is 813 g/mol. The van der Waals surface area contributed by atoms with Gasteiger partial charge in [-0.2, -0.15) is 0 Å². The minimum atomic E-state index is -6.00. The van der Waals surface area contributed by atoms with Gasteiger partial charge in [0.25, 0.3) is 0 Å². The summed E-state index contributed by atoms with van der Waals surface area (Å²) in [5.74, 6) is 0. The van der Waals surface area contributed by atoms with Crippen molar-refractivity contribution in [3.05, 3.63) is 128 Å². The Labute approximate surface area is 262 Å². The van der Waals surface area contributed by atoms with E-state index in [2.05, 4.69) is 46.9 Å². The normalized spacial score (nSPS) is 10.1. The molecule has 0 aliphatic rings. The van der Waals surface area contributed by atoms with E-state index >= 15 is 0 Å². The molecule has 0 fully saturated rings. The van der Waals surface area contributed by atoms with E-state index < -0.39 is 14.4 Å². The molecule has 4 aromatic rings. The van der Waals surface area contributed by atoms with E-state index in [-0.39, 0.29) is 21.2 Å². The predicted molar refractivity (Wildman–Crippen MR) is 156 cm³/mol. The third-order valence-electron chi connectivity index (χ3n) is 3.80. The van der Waals surface area contributed by atoms with Crippen LogP contribution in [-0.2, 0) is 0 Å². The van der Waals surface area contributed by atoms with Crippen molar-refractivity contribution >= 4 is 88.8 Å². The van der Waals surface area contributed by atoms with E-state index in [9.17, 15) is 17.3 Å². The second kappa shape index (κ2) is 18.6. The van der Waals surface area contributed by atoms with E-state index in [0.717, 1.165) is 15.1 Å². The number of benzene rings is 4. The minimum absolute atomic E-state index is 0.114. The van der Waals surface area contributed by atoms with Crippen LogP contribution in [0.4, 0.5) is 17.3 Å². The smallest absolute Gasteiger partial charge is 0.423 e. The van der Waals surface area contributed by atoms with Crippen LogP contribution in [0.2, 0.25) is 20.1 Å². The molecule has 0 aromatic heterocycles. The first-order valence-electron chi connectivity index (χ1n) is 10.3. The monoisotopic (exact) mass is 830 g/mol. The predicted octanol–water partition coefficient (Wildman–Crippen LogP) is 5.39. The average molecular weight is 832 g/mol. The van der Waals surface area contributed by atoms with Crippen molar-refractivity contribution in [3.8, 4) is 0 Å². The van der Waals surface area contributed by atoms with Crippen LogP contribution in [0.1, 0.15) is 0 Å². The molecule has 0 atom stereocenters. The first-order valence-corrected chi connectivity index (χ1v) is 15.0. The summed E-state index contributed by atoms with van der Waals surface area (Å²) in [6, 6.07) is 30.1. The number of hydrogen-bond acceptors (Lipinski definition) is 2. The van der Waals surface area contributed by atoms with Gasteiger partial charge in [-0.25, -0.2) is 0 Å². The van der Waals surface area contributed by atoms with Gasteiger partial charge in [-0.15, -0.1) is 0 Å². The van der Waals surface area contributed by atoms with Crippen molar-refractivity contribution < 1.29 is 48.5 Å². The van der Waals surface area contributed by atoms with E-state index in [1.165, 1.54) is 10.7 Å². The standard InChI is InChI=1S/C12H8Cl2I.C6H6BClO2.C6H4ClI.BF4/c13-9-1-5-11(6-2-9)15-12-7-3-10(14)4-8-12;8-6-3-1-5(2-4-6)7(9)10;7-5-1-3-6(8)4-2-5;2-1(3,4)5/h1-8H;1-4,9-10H;1-4H;/q+1;;;-1. The first kappa shape index (κ1) is 35.3. The number of hydrogen-bond donors (Lipinski definition) is 2. The molecule has 0 saturated carbocycles. The Morgan fingerprint density at radius 2 is 0.816 bits per heavy atom. The van der Waals surface area contributed by atoms with E-state index in [0.29, 0.717) is 10.5 Å². The fraction of sp³-hybridized carbons (Fsp3) is 0. The van der Waals surface area contributed by atoms with Gasteiger partial charge in [-0.1, -0.05) is 58.5 Å². The van der Waals surface area contributed by atoms with Crippen LogP contribution < -0.4 is 26.7 Å². The molecule has 2 nitrogen and oxygen atoms in total. The Morgan fingerprint density at radius 3 is 1.08 bits per heavy atom. The maximum atomic E-state index is 9.75. The summed E-state index contributed by atoms with van der Waals surface area (Å²) in [6.45, 7) is 0. The Hall–Kier alpha value is -0.730. The summed E-state index contributed by atoms with van der Waals surface area (Å²) in [5, 5.41) is 20.2. The lowest BCUT2D eigenvalue weighted by molar-refractivity contribution is -0.597. The van der Waals surface area contributed by atoms with Crippen LogP contribution in [0.25, 0.3) is 0 Å². The van der Waals surface area contributed by atoms with Crippen LogP contribution in [-0.4, -0.2) is 24.4 Å². The third kappa shape index (κ3) is 18.5. The van der Waals surface area contributed by atoms with Gasteiger partial charge in [-0.05, 0) is 113 Å². The first-order chi connectivity index (χ1) is 17.7. The van der Waals surface area contributed by atoms with Crippen molar-refractivity contribution in [2.45, 2.75) is 0 Å². The van der Waals surface area contributed by atoms with Gasteiger partial charge in [0, 0.05) is 23.7 Å². The number of halogens is 10. The lowest BCUT2D eigenvalue weighted by atomic mass is 9.81. The zero-order chi connectivity index (χ0) is 28.7. The van der Waals surface area contributed by atoms with Gasteiger partial charge in [0.05, 0.1) is 0 Å². The highest BCUT2D eigenvalue weighted by Gasteiger charge is 2.20. The molecule has 0 bridgehead atoms. The summed E-state index contributed by atoms with van der Waals surface area (Å²) in [6.07, 6.45) is 0. The topological polar surface area (TPSA) is 40.5 Å². The van der Waals surface area contributed by atoms with Crippen molar-refractivity contribution in [1.29, 1.82) is 0 Å². The molecule has 0 heterocycles. The van der Waals surface area contributed by atoms with E-state index in [1.54, 1.807) is 24.3 Å². The van der Waals surface area contributed by atoms with Gasteiger partial charge < -0.3 is 27.3 Å². The van der Waals surface area contributed by atoms with Crippen LogP contribution >= 0.6 is 69.0 Å². The summed E-state index contributed by atoms with van der Waals surface area (Å²) >= 11 is 24.9. The molecule has 38 heavy (non-hydrogen) atoms. The third-order valence-corrected chi connectivity index (χ3v) is 8.21. The minimum Gasteiger partial charge on any atom is -0.423 e. The summed E-state index contributed by atoms with van der Waals surface area (Å²) < 4.78 is 42.9. The quantitative estimate of drug-likeness (QED) is 0.166. The maximum absolute atomic E-state index is 9.75. The molecule has 4 rings (SSSR count). The highest BCUT2D eigenvalue weighted by atomic mass is 127. The van der Waals surface area contributed by atoms with Gasteiger partial charge in [0.2, 0.25) is 0 Å². The van der Waals surface area contributed by atoms with Gasteiger partial charge >= 0.3 is 35.6 Å². The van der Waals surface area contributed by atoms with Crippen molar-refractivity contribution in [3.63, 3.8) is 0 Å². The molecule has 0 spiro atoms. The van der Waals surface area contributed by atoms with Crippen molar-refractivity contribution in [2.24, 2.45) is 0 Å². The molecule has 14 heteroatoms. The highest BCUT2D eigenvalue weighted by molar-refractivity contribution is 14.1. The van der Waals surface area contributed by atoms with Crippen LogP contribution in [0, 0.1) is 10.7 Å². The van der Waals surface area contributed by atoms with Crippen molar-refractivity contribution in [1.82, 2.24) is 0 Å². The van der Waals surface area contributed by atoms with Gasteiger partial charge in [0.15, 0.2) is 7.14 Å². The fourth-order valence-corrected chi connectivity index (χ4v) is 5.20. The lowest BCUT2D eigenvalue weighted by Crippen LogP contribution is -3.61. The van der Waals surface area contributed by atoms with Crippen molar-refractivity contribution in [2.75, 3.05) is 0 Å². The summed E-state index contributed by atoms with van der Waals surface area (Å²) in [5.41, 5.74) is 0.449. The van der Waals surface area contributed by atoms with Crippen LogP contribution in [0.5, 0.6) is 0 Å². The highest BCUT2D eigenvalue weighted by Crippen LogP contribution is 2.10. The van der Waals surface area contributed by atoms with Gasteiger partial charge in [0.1, 0.15) is 0 Å². The SMILES string of the molecule is Clc1ccc(I)cc1.Clc1ccc([I+]c2ccc(Cl)cc2)cc1.F[B-](F)(F)F.OB(O)c1ccc(Cl)cc1. The number of rotatable bonds is 3. The van der Waals surface area contributed by atoms with Crippen LogP contribution in [0.15, 0.2) is 97.1 Å². The molecule has 0 aliphatic carbocycles.